The summed E-state index contributed by atoms with van der Waals surface area (Å²) in [7, 11) is -3.92. The van der Waals surface area contributed by atoms with Crippen LogP contribution in [0.3, 0.4) is 0 Å². The number of hydrogen-bond donors (Lipinski definition) is 4. The third kappa shape index (κ3) is 5.05. The van der Waals surface area contributed by atoms with Gasteiger partial charge in [-0.3, -0.25) is 0 Å². The highest BCUT2D eigenvalue weighted by Crippen LogP contribution is 2.39. The second-order valence-corrected chi connectivity index (χ2v) is 9.35. The van der Waals surface area contributed by atoms with Gasteiger partial charge in [0.2, 0.25) is 0 Å². The van der Waals surface area contributed by atoms with Crippen molar-refractivity contribution in [2.45, 2.75) is 29.9 Å². The van der Waals surface area contributed by atoms with Crippen molar-refractivity contribution in [3.63, 3.8) is 0 Å². The van der Waals surface area contributed by atoms with Crippen molar-refractivity contribution in [3.8, 4) is 5.75 Å². The van der Waals surface area contributed by atoms with Gasteiger partial charge in [0.25, 0.3) is 0 Å². The largest absolute Gasteiger partial charge is 0.504 e. The number of aromatic hydroxyl groups is 1. The Bertz CT molecular complexity index is 1050. The zero-order chi connectivity index (χ0) is 21.2. The SMILES string of the molecule is Br.Cc1c(F)cccc1NC(=O)Nc1ccc(Cl)c(S(=O)(=O)[C@@H]2CCCNC2)c1O. The van der Waals surface area contributed by atoms with E-state index in [4.69, 9.17) is 11.6 Å². The van der Waals surface area contributed by atoms with Gasteiger partial charge >= 0.3 is 6.03 Å². The molecule has 0 spiro atoms. The predicted molar refractivity (Wildman–Crippen MR) is 120 cm³/mol. The summed E-state index contributed by atoms with van der Waals surface area (Å²) in [5, 5.41) is 17.6. The fraction of sp³-hybridized carbons (Fsp3) is 0.316. The molecule has 2 aromatic carbocycles. The summed E-state index contributed by atoms with van der Waals surface area (Å²) in [6.45, 7) is 2.50. The zero-order valence-electron chi connectivity index (χ0n) is 16.0. The van der Waals surface area contributed by atoms with E-state index >= 15 is 0 Å². The lowest BCUT2D eigenvalue weighted by Crippen LogP contribution is -2.38. The second kappa shape index (κ2) is 9.95. The van der Waals surface area contributed by atoms with Gasteiger partial charge in [-0.1, -0.05) is 17.7 Å². The number of anilines is 2. The van der Waals surface area contributed by atoms with Gasteiger partial charge in [0.1, 0.15) is 10.7 Å². The molecule has 0 unspecified atom stereocenters. The van der Waals surface area contributed by atoms with Crippen molar-refractivity contribution in [3.05, 3.63) is 46.7 Å². The number of nitrogens with one attached hydrogen (secondary N) is 3. The molecule has 2 aromatic rings. The number of halogens is 3. The van der Waals surface area contributed by atoms with E-state index < -0.39 is 37.6 Å². The van der Waals surface area contributed by atoms with E-state index in [1.807, 2.05) is 0 Å². The van der Waals surface area contributed by atoms with Crippen LogP contribution in [0.25, 0.3) is 0 Å². The van der Waals surface area contributed by atoms with Crippen LogP contribution < -0.4 is 16.0 Å². The number of rotatable bonds is 4. The molecule has 30 heavy (non-hydrogen) atoms. The normalized spacial score (nSPS) is 16.4. The summed E-state index contributed by atoms with van der Waals surface area (Å²) in [6.07, 6.45) is 1.14. The Morgan fingerprint density at radius 2 is 1.93 bits per heavy atom. The highest BCUT2D eigenvalue weighted by atomic mass is 79.9. The summed E-state index contributed by atoms with van der Waals surface area (Å²) >= 11 is 6.08. The molecule has 0 aromatic heterocycles. The average molecular weight is 523 g/mol. The van der Waals surface area contributed by atoms with Gasteiger partial charge in [-0.2, -0.15) is 0 Å². The summed E-state index contributed by atoms with van der Waals surface area (Å²) in [4.78, 5) is 11.9. The van der Waals surface area contributed by atoms with E-state index in [2.05, 4.69) is 16.0 Å². The predicted octanol–water partition coefficient (Wildman–Crippen LogP) is 4.24. The Morgan fingerprint density at radius 3 is 2.60 bits per heavy atom. The van der Waals surface area contributed by atoms with Crippen LogP contribution in [-0.4, -0.2) is 37.9 Å². The van der Waals surface area contributed by atoms with Crippen molar-refractivity contribution in [1.29, 1.82) is 0 Å². The summed E-state index contributed by atoms with van der Waals surface area (Å²) < 4.78 is 39.6. The van der Waals surface area contributed by atoms with Gasteiger partial charge in [0, 0.05) is 17.8 Å². The molecule has 1 atom stereocenters. The first-order chi connectivity index (χ1) is 13.7. The smallest absolute Gasteiger partial charge is 0.323 e. The summed E-state index contributed by atoms with van der Waals surface area (Å²) in [5.41, 5.74) is 0.372. The third-order valence-corrected chi connectivity index (χ3v) is 7.51. The molecule has 0 aliphatic carbocycles. The van der Waals surface area contributed by atoms with E-state index in [1.54, 1.807) is 0 Å². The molecule has 2 amide bonds. The monoisotopic (exact) mass is 521 g/mol. The van der Waals surface area contributed by atoms with Crippen LogP contribution in [0.5, 0.6) is 5.75 Å². The van der Waals surface area contributed by atoms with Crippen LogP contribution >= 0.6 is 28.6 Å². The molecular formula is C19H22BrClFN3O4S. The molecule has 0 saturated carbocycles. The van der Waals surface area contributed by atoms with Crippen LogP contribution in [0, 0.1) is 12.7 Å². The van der Waals surface area contributed by atoms with Gasteiger partial charge in [-0.15, -0.1) is 17.0 Å². The molecule has 164 valence electrons. The number of piperidine rings is 1. The number of phenols is 1. The molecule has 1 aliphatic heterocycles. The number of carbonyl (C=O) groups is 1. The highest BCUT2D eigenvalue weighted by molar-refractivity contribution is 8.93. The van der Waals surface area contributed by atoms with Crippen LogP contribution in [0.4, 0.5) is 20.6 Å². The molecule has 1 aliphatic rings. The number of carbonyl (C=O) groups excluding carboxylic acids is 1. The molecule has 4 N–H and O–H groups in total. The quantitative estimate of drug-likeness (QED) is 0.449. The molecule has 7 nitrogen and oxygen atoms in total. The number of benzene rings is 2. The van der Waals surface area contributed by atoms with Crippen LogP contribution in [0.1, 0.15) is 18.4 Å². The fourth-order valence-electron chi connectivity index (χ4n) is 3.19. The van der Waals surface area contributed by atoms with Gasteiger partial charge in [-0.05, 0) is 50.6 Å². The van der Waals surface area contributed by atoms with Gasteiger partial charge < -0.3 is 21.1 Å². The van der Waals surface area contributed by atoms with Gasteiger partial charge in [0.05, 0.1) is 16.0 Å². The minimum atomic E-state index is -3.92. The molecule has 0 radical (unpaired) electrons. The fourth-order valence-corrected chi connectivity index (χ4v) is 5.53. The van der Waals surface area contributed by atoms with Crippen LogP contribution in [-0.2, 0) is 9.84 Å². The van der Waals surface area contributed by atoms with Gasteiger partial charge in [0.15, 0.2) is 15.6 Å². The van der Waals surface area contributed by atoms with Crippen molar-refractivity contribution in [2.24, 2.45) is 0 Å². The summed E-state index contributed by atoms with van der Waals surface area (Å²) in [6, 6.07) is 6.06. The average Bonchev–Trinajstić information content (AvgIpc) is 2.68. The Kier molecular flexibility index (Phi) is 8.09. The topological polar surface area (TPSA) is 108 Å². The lowest BCUT2D eigenvalue weighted by atomic mass is 10.2. The standard InChI is InChI=1S/C19H21ClFN3O4S.BrH/c1-11-14(21)5-2-6-15(11)23-19(26)24-16-8-7-13(20)18(17(16)25)29(27,28)12-4-3-9-22-10-12;/h2,5-8,12,22,25H,3-4,9-10H2,1H3,(H2,23,24,26);1H/t12-;/m1./s1. The maximum Gasteiger partial charge on any atom is 0.323 e. The lowest BCUT2D eigenvalue weighted by molar-refractivity contribution is 0.262. The van der Waals surface area contributed by atoms with Crippen LogP contribution in [0.2, 0.25) is 5.02 Å². The minimum absolute atomic E-state index is 0. The van der Waals surface area contributed by atoms with Crippen molar-refractivity contribution >= 4 is 55.8 Å². The number of amides is 2. The second-order valence-electron chi connectivity index (χ2n) is 6.78. The molecule has 1 saturated heterocycles. The van der Waals surface area contributed by atoms with E-state index in [0.29, 0.717) is 12.8 Å². The highest BCUT2D eigenvalue weighted by Gasteiger charge is 2.34. The number of phenolic OH excluding ortho intramolecular Hbond substituents is 1. The van der Waals surface area contributed by atoms with Crippen molar-refractivity contribution in [2.75, 3.05) is 23.7 Å². The number of sulfone groups is 1. The zero-order valence-corrected chi connectivity index (χ0v) is 19.3. The van der Waals surface area contributed by atoms with Gasteiger partial charge in [-0.25, -0.2) is 17.6 Å². The molecule has 11 heteroatoms. The number of hydrogen-bond acceptors (Lipinski definition) is 5. The first-order valence-corrected chi connectivity index (χ1v) is 10.9. The van der Waals surface area contributed by atoms with E-state index in [-0.39, 0.29) is 45.5 Å². The van der Waals surface area contributed by atoms with E-state index in [9.17, 15) is 22.7 Å². The first-order valence-electron chi connectivity index (χ1n) is 9.01. The summed E-state index contributed by atoms with van der Waals surface area (Å²) in [5.74, 6) is -1.11. The minimum Gasteiger partial charge on any atom is -0.504 e. The maximum absolute atomic E-state index is 13.6. The van der Waals surface area contributed by atoms with E-state index in [0.717, 1.165) is 6.54 Å². The Hall–Kier alpha value is -1.88. The Morgan fingerprint density at radius 1 is 1.23 bits per heavy atom. The van der Waals surface area contributed by atoms with Crippen LogP contribution in [0.15, 0.2) is 35.2 Å². The van der Waals surface area contributed by atoms with E-state index in [1.165, 1.54) is 37.3 Å². The first kappa shape index (κ1) is 24.4. The maximum atomic E-state index is 13.6. The third-order valence-electron chi connectivity index (χ3n) is 4.82. The number of urea groups is 1. The Labute approximate surface area is 189 Å². The Balaban J connectivity index is 0.00000320. The molecule has 1 fully saturated rings. The van der Waals surface area contributed by atoms with Crippen molar-refractivity contribution in [1.82, 2.24) is 5.32 Å². The molecule has 3 rings (SSSR count). The lowest BCUT2D eigenvalue weighted by Gasteiger charge is -2.24. The molecular weight excluding hydrogens is 501 g/mol. The van der Waals surface area contributed by atoms with Crippen molar-refractivity contribution < 1.29 is 22.7 Å². The molecule has 1 heterocycles. The molecule has 0 bridgehead atoms.